The van der Waals surface area contributed by atoms with Gasteiger partial charge in [0, 0.05) is 47.2 Å². The van der Waals surface area contributed by atoms with Gasteiger partial charge in [0.1, 0.15) is 11.2 Å². The molecule has 0 amide bonds. The fraction of sp³-hybridized carbons (Fsp3) is 0.120. The van der Waals surface area contributed by atoms with Crippen LogP contribution in [0.15, 0.2) is 71.9 Å². The van der Waals surface area contributed by atoms with Gasteiger partial charge in [0.2, 0.25) is 0 Å². The van der Waals surface area contributed by atoms with Crippen molar-refractivity contribution >= 4 is 21.9 Å². The summed E-state index contributed by atoms with van der Waals surface area (Å²) in [6.07, 6.45) is 8.86. The molecule has 0 fully saturated rings. The van der Waals surface area contributed by atoms with Crippen molar-refractivity contribution in [3.05, 3.63) is 73.1 Å². The second-order valence-electron chi connectivity index (χ2n) is 7.84. The first-order valence-corrected chi connectivity index (χ1v) is 10.8. The van der Waals surface area contributed by atoms with Crippen molar-refractivity contribution in [2.24, 2.45) is 0 Å². The van der Waals surface area contributed by atoms with Gasteiger partial charge >= 0.3 is 0 Å². The highest BCUT2D eigenvalue weighted by Gasteiger charge is 2.16. The molecule has 6 heterocycles. The van der Waals surface area contributed by atoms with Crippen molar-refractivity contribution in [1.82, 2.24) is 35.5 Å². The largest absolute Gasteiger partial charge is 0.472 e. The summed E-state index contributed by atoms with van der Waals surface area (Å²) in [7, 11) is 0. The lowest BCUT2D eigenvalue weighted by Gasteiger charge is -2.05. The minimum atomic E-state index is 0.762. The van der Waals surface area contributed by atoms with Crippen LogP contribution in [0.4, 0.5) is 0 Å². The van der Waals surface area contributed by atoms with Crippen LogP contribution in [0, 0.1) is 0 Å². The maximum absolute atomic E-state index is 5.25. The number of nitrogens with one attached hydrogen (secondary N) is 3. The van der Waals surface area contributed by atoms with Crippen LogP contribution < -0.4 is 5.32 Å². The van der Waals surface area contributed by atoms with Crippen molar-refractivity contribution < 1.29 is 4.42 Å². The highest BCUT2D eigenvalue weighted by Crippen LogP contribution is 2.33. The van der Waals surface area contributed by atoms with E-state index in [1.165, 1.54) is 0 Å². The average molecular weight is 435 g/mol. The molecule has 6 aromatic rings. The van der Waals surface area contributed by atoms with Crippen LogP contribution in [-0.2, 0) is 6.54 Å². The van der Waals surface area contributed by atoms with Crippen molar-refractivity contribution in [3.63, 3.8) is 0 Å². The van der Waals surface area contributed by atoms with Crippen LogP contribution >= 0.6 is 0 Å². The Labute approximate surface area is 189 Å². The molecule has 3 N–H and O–H groups in total. The highest BCUT2D eigenvalue weighted by molar-refractivity contribution is 5.99. The van der Waals surface area contributed by atoms with Crippen molar-refractivity contribution in [1.29, 1.82) is 0 Å². The number of H-pyrrole nitrogens is 2. The third kappa shape index (κ3) is 3.46. The molecule has 0 atom stereocenters. The summed E-state index contributed by atoms with van der Waals surface area (Å²) < 4.78 is 5.25. The third-order valence-electron chi connectivity index (χ3n) is 5.68. The van der Waals surface area contributed by atoms with E-state index in [2.05, 4.69) is 49.5 Å². The van der Waals surface area contributed by atoms with Gasteiger partial charge in [-0.05, 0) is 48.5 Å². The lowest BCUT2D eigenvalue weighted by Crippen LogP contribution is -2.11. The van der Waals surface area contributed by atoms with E-state index in [0.717, 1.165) is 74.5 Å². The molecule has 0 radical (unpaired) electrons. The Balaban J connectivity index is 1.44. The Hall–Kier alpha value is -4.30. The summed E-state index contributed by atoms with van der Waals surface area (Å²) in [6, 6.07) is 12.0. The molecule has 0 aliphatic carbocycles. The second-order valence-corrected chi connectivity index (χ2v) is 7.84. The summed E-state index contributed by atoms with van der Waals surface area (Å²) in [5.41, 5.74) is 9.03. The SMILES string of the molecule is CCNCc1cncc(-c2ccc3[nH]nc(-c4cc5c(-c6ccoc6)nccc5[nH]4)c3n2)c1. The number of hydrogen-bond acceptors (Lipinski definition) is 6. The Morgan fingerprint density at radius 2 is 1.97 bits per heavy atom. The maximum Gasteiger partial charge on any atom is 0.135 e. The zero-order valence-corrected chi connectivity index (χ0v) is 18.0. The summed E-state index contributed by atoms with van der Waals surface area (Å²) in [4.78, 5) is 17.4. The minimum absolute atomic E-state index is 0.762. The predicted molar refractivity (Wildman–Crippen MR) is 127 cm³/mol. The summed E-state index contributed by atoms with van der Waals surface area (Å²) in [6.45, 7) is 3.78. The van der Waals surface area contributed by atoms with Gasteiger partial charge < -0.3 is 14.7 Å². The molecule has 6 aromatic heterocycles. The number of fused-ring (bicyclic) bond motifs is 2. The molecule has 0 bridgehead atoms. The molecule has 0 saturated carbocycles. The number of aromatic amines is 2. The molecule has 33 heavy (non-hydrogen) atoms. The first kappa shape index (κ1) is 19.4. The molecule has 0 aromatic carbocycles. The quantitative estimate of drug-likeness (QED) is 0.342. The normalized spacial score (nSPS) is 11.5. The van der Waals surface area contributed by atoms with E-state index < -0.39 is 0 Å². The fourth-order valence-corrected chi connectivity index (χ4v) is 4.05. The maximum atomic E-state index is 5.25. The van der Waals surface area contributed by atoms with Gasteiger partial charge in [-0.1, -0.05) is 6.92 Å². The molecule has 8 heteroatoms. The molecule has 0 spiro atoms. The van der Waals surface area contributed by atoms with Crippen molar-refractivity contribution in [2.45, 2.75) is 13.5 Å². The minimum Gasteiger partial charge on any atom is -0.472 e. The van der Waals surface area contributed by atoms with Crippen LogP contribution in [-0.4, -0.2) is 36.7 Å². The van der Waals surface area contributed by atoms with E-state index in [-0.39, 0.29) is 0 Å². The molecule has 8 nitrogen and oxygen atoms in total. The number of pyridine rings is 3. The van der Waals surface area contributed by atoms with Crippen LogP contribution in [0.25, 0.3) is 55.8 Å². The van der Waals surface area contributed by atoms with E-state index >= 15 is 0 Å². The molecule has 0 unspecified atom stereocenters. The number of rotatable bonds is 6. The number of furan rings is 1. The van der Waals surface area contributed by atoms with Gasteiger partial charge in [-0.3, -0.25) is 15.1 Å². The average Bonchev–Trinajstić information content (AvgIpc) is 3.61. The molecule has 6 rings (SSSR count). The van der Waals surface area contributed by atoms with Gasteiger partial charge in [0.25, 0.3) is 0 Å². The topological polar surface area (TPSA) is 108 Å². The van der Waals surface area contributed by atoms with E-state index in [0.29, 0.717) is 0 Å². The second kappa shape index (κ2) is 7.99. The van der Waals surface area contributed by atoms with Crippen molar-refractivity contribution in [2.75, 3.05) is 6.54 Å². The summed E-state index contributed by atoms with van der Waals surface area (Å²) in [5, 5.41) is 12.0. The Morgan fingerprint density at radius 1 is 1.00 bits per heavy atom. The monoisotopic (exact) mass is 435 g/mol. The van der Waals surface area contributed by atoms with Gasteiger partial charge in [-0.2, -0.15) is 5.10 Å². The number of nitrogens with zero attached hydrogens (tertiary/aromatic N) is 4. The molecular formula is C25H21N7O. The lowest BCUT2D eigenvalue weighted by molar-refractivity contribution is 0.568. The third-order valence-corrected chi connectivity index (χ3v) is 5.68. The number of hydrogen-bond donors (Lipinski definition) is 3. The molecule has 0 aliphatic rings. The van der Waals surface area contributed by atoms with Gasteiger partial charge in [0.15, 0.2) is 0 Å². The lowest BCUT2D eigenvalue weighted by atomic mass is 10.1. The van der Waals surface area contributed by atoms with E-state index in [1.807, 2.05) is 36.7 Å². The first-order valence-electron chi connectivity index (χ1n) is 10.8. The predicted octanol–water partition coefficient (Wildman–Crippen LogP) is 4.93. The van der Waals surface area contributed by atoms with Crippen molar-refractivity contribution in [3.8, 4) is 33.9 Å². The standard InChI is InChI=1S/C25H21N7O/c1-2-26-11-15-9-17(13-27-12-15)19-3-4-21-24(30-19)25(32-31-21)22-10-18-20(29-22)5-7-28-23(18)16-6-8-33-14-16/h3-10,12-14,26,29H,2,11H2,1H3,(H,31,32). The smallest absolute Gasteiger partial charge is 0.135 e. The van der Waals surface area contributed by atoms with E-state index in [1.54, 1.807) is 18.7 Å². The molecule has 162 valence electrons. The van der Waals surface area contributed by atoms with Crippen LogP contribution in [0.5, 0.6) is 0 Å². The Bertz CT molecular complexity index is 1560. The van der Waals surface area contributed by atoms with Gasteiger partial charge in [-0.25, -0.2) is 4.98 Å². The Morgan fingerprint density at radius 3 is 2.85 bits per heavy atom. The zero-order valence-electron chi connectivity index (χ0n) is 18.0. The van der Waals surface area contributed by atoms with Gasteiger partial charge in [-0.15, -0.1) is 0 Å². The highest BCUT2D eigenvalue weighted by atomic mass is 16.3. The Kier molecular flexibility index (Phi) is 4.70. The van der Waals surface area contributed by atoms with Gasteiger partial charge in [0.05, 0.1) is 35.1 Å². The number of aromatic nitrogens is 6. The summed E-state index contributed by atoms with van der Waals surface area (Å²) >= 11 is 0. The van der Waals surface area contributed by atoms with E-state index in [9.17, 15) is 0 Å². The fourth-order valence-electron chi connectivity index (χ4n) is 4.05. The van der Waals surface area contributed by atoms with Crippen LogP contribution in [0.1, 0.15) is 12.5 Å². The first-order chi connectivity index (χ1) is 16.3. The zero-order chi connectivity index (χ0) is 22.2. The van der Waals surface area contributed by atoms with Crippen LogP contribution in [0.3, 0.4) is 0 Å². The van der Waals surface area contributed by atoms with Crippen LogP contribution in [0.2, 0.25) is 0 Å². The molecule has 0 saturated heterocycles. The summed E-state index contributed by atoms with van der Waals surface area (Å²) in [5.74, 6) is 0. The molecule has 0 aliphatic heterocycles. The molecular weight excluding hydrogens is 414 g/mol. The van der Waals surface area contributed by atoms with E-state index in [4.69, 9.17) is 9.40 Å².